The van der Waals surface area contributed by atoms with Crippen LogP contribution in [0.15, 0.2) is 12.4 Å². The van der Waals surface area contributed by atoms with E-state index in [0.717, 1.165) is 0 Å². The average molecular weight is 206 g/mol. The fourth-order valence-electron chi connectivity index (χ4n) is 0.918. The fourth-order valence-corrected chi connectivity index (χ4v) is 0.918. The lowest BCUT2D eigenvalue weighted by Crippen LogP contribution is -2.27. The van der Waals surface area contributed by atoms with Gasteiger partial charge in [-0.2, -0.15) is 5.26 Å². The molecule has 0 spiro atoms. The molecule has 15 heavy (non-hydrogen) atoms. The molecule has 6 heteroatoms. The van der Waals surface area contributed by atoms with Gasteiger partial charge in [-0.05, 0) is 6.92 Å². The predicted molar refractivity (Wildman–Crippen MR) is 51.8 cm³/mol. The first-order chi connectivity index (χ1) is 7.17. The van der Waals surface area contributed by atoms with Gasteiger partial charge in [-0.25, -0.2) is 14.8 Å². The van der Waals surface area contributed by atoms with Gasteiger partial charge in [-0.15, -0.1) is 0 Å². The molecule has 0 amide bonds. The highest BCUT2D eigenvalue weighted by atomic mass is 16.5. The highest BCUT2D eigenvalue weighted by Crippen LogP contribution is 2.03. The van der Waals surface area contributed by atoms with Crippen molar-refractivity contribution in [2.45, 2.75) is 13.0 Å². The van der Waals surface area contributed by atoms with E-state index >= 15 is 0 Å². The summed E-state index contributed by atoms with van der Waals surface area (Å²) in [5.74, 6) is 0.0352. The minimum atomic E-state index is -0.503. The molecule has 78 valence electrons. The smallest absolute Gasteiger partial charge is 0.328 e. The summed E-state index contributed by atoms with van der Waals surface area (Å²) in [5.41, 5.74) is 0.228. The van der Waals surface area contributed by atoms with E-state index in [9.17, 15) is 4.79 Å². The monoisotopic (exact) mass is 206 g/mol. The molecule has 0 fully saturated rings. The number of rotatable bonds is 3. The zero-order valence-electron chi connectivity index (χ0n) is 8.39. The molecule has 1 heterocycles. The van der Waals surface area contributed by atoms with Crippen molar-refractivity contribution in [3.63, 3.8) is 0 Å². The summed E-state index contributed by atoms with van der Waals surface area (Å²) in [6.07, 6.45) is 2.71. The van der Waals surface area contributed by atoms with Gasteiger partial charge in [0.05, 0.1) is 19.5 Å². The number of nitriles is 1. The number of anilines is 1. The number of methoxy groups -OCH3 is 1. The summed E-state index contributed by atoms with van der Waals surface area (Å²) in [6, 6.07) is 1.35. The van der Waals surface area contributed by atoms with Gasteiger partial charge in [0, 0.05) is 0 Å². The maximum absolute atomic E-state index is 11.1. The number of hydrogen-bond donors (Lipinski definition) is 1. The Balaban J connectivity index is 2.66. The van der Waals surface area contributed by atoms with E-state index in [-0.39, 0.29) is 11.7 Å². The highest BCUT2D eigenvalue weighted by molar-refractivity contribution is 5.78. The van der Waals surface area contributed by atoms with Crippen LogP contribution in [0.5, 0.6) is 0 Å². The molecular weight excluding hydrogens is 196 g/mol. The van der Waals surface area contributed by atoms with Gasteiger partial charge in [0.15, 0.2) is 5.69 Å². The lowest BCUT2D eigenvalue weighted by atomic mass is 10.3. The SMILES string of the molecule is COC(=O)C(C)Nc1cnc(C#N)cn1. The van der Waals surface area contributed by atoms with E-state index in [1.54, 1.807) is 6.92 Å². The highest BCUT2D eigenvalue weighted by Gasteiger charge is 2.12. The molecular formula is C9H10N4O2. The second-order valence-corrected chi connectivity index (χ2v) is 2.79. The van der Waals surface area contributed by atoms with Gasteiger partial charge in [0.1, 0.15) is 17.9 Å². The van der Waals surface area contributed by atoms with Crippen LogP contribution in [0.25, 0.3) is 0 Å². The summed E-state index contributed by atoms with van der Waals surface area (Å²) >= 11 is 0. The van der Waals surface area contributed by atoms with Crippen molar-refractivity contribution in [2.75, 3.05) is 12.4 Å². The number of carbonyl (C=O) groups is 1. The third-order valence-corrected chi connectivity index (χ3v) is 1.69. The Hall–Kier alpha value is -2.16. The minimum absolute atomic E-state index is 0.228. The van der Waals surface area contributed by atoms with Crippen LogP contribution in [0, 0.1) is 11.3 Å². The summed E-state index contributed by atoms with van der Waals surface area (Å²) in [7, 11) is 1.31. The number of nitrogens with one attached hydrogen (secondary N) is 1. The van der Waals surface area contributed by atoms with Gasteiger partial charge in [-0.1, -0.05) is 0 Å². The molecule has 1 aromatic rings. The molecule has 0 aliphatic heterocycles. The van der Waals surface area contributed by atoms with Crippen molar-refractivity contribution in [1.82, 2.24) is 9.97 Å². The largest absolute Gasteiger partial charge is 0.467 e. The van der Waals surface area contributed by atoms with Crippen LogP contribution in [0.2, 0.25) is 0 Å². The quantitative estimate of drug-likeness (QED) is 0.716. The minimum Gasteiger partial charge on any atom is -0.467 e. The molecule has 1 aromatic heterocycles. The lowest BCUT2D eigenvalue weighted by Gasteiger charge is -2.11. The molecule has 1 rings (SSSR count). The maximum atomic E-state index is 11.1. The molecule has 1 atom stereocenters. The first-order valence-corrected chi connectivity index (χ1v) is 4.24. The number of hydrogen-bond acceptors (Lipinski definition) is 6. The predicted octanol–water partition coefficient (Wildman–Crippen LogP) is 0.322. The van der Waals surface area contributed by atoms with E-state index in [2.05, 4.69) is 20.0 Å². The standard InChI is InChI=1S/C9H10N4O2/c1-6(9(14)15-2)13-8-5-11-7(3-10)4-12-8/h4-6H,1-2H3,(H,12,13). The van der Waals surface area contributed by atoms with Crippen LogP contribution in [-0.4, -0.2) is 29.1 Å². The van der Waals surface area contributed by atoms with Crippen LogP contribution in [0.4, 0.5) is 5.82 Å². The van der Waals surface area contributed by atoms with Crippen molar-refractivity contribution in [1.29, 1.82) is 5.26 Å². The van der Waals surface area contributed by atoms with Crippen LogP contribution in [0.3, 0.4) is 0 Å². The Morgan fingerprint density at radius 2 is 2.33 bits per heavy atom. The normalized spacial score (nSPS) is 11.3. The molecule has 0 aliphatic rings. The second kappa shape index (κ2) is 4.91. The molecule has 0 aromatic carbocycles. The van der Waals surface area contributed by atoms with Crippen molar-refractivity contribution < 1.29 is 9.53 Å². The van der Waals surface area contributed by atoms with E-state index in [1.165, 1.54) is 19.5 Å². The van der Waals surface area contributed by atoms with Gasteiger partial charge in [0.2, 0.25) is 0 Å². The van der Waals surface area contributed by atoms with Gasteiger partial charge in [-0.3, -0.25) is 0 Å². The fraction of sp³-hybridized carbons (Fsp3) is 0.333. The zero-order chi connectivity index (χ0) is 11.3. The van der Waals surface area contributed by atoms with E-state index in [0.29, 0.717) is 5.82 Å². The Kier molecular flexibility index (Phi) is 3.57. The second-order valence-electron chi connectivity index (χ2n) is 2.79. The number of aromatic nitrogens is 2. The Morgan fingerprint density at radius 1 is 1.60 bits per heavy atom. The van der Waals surface area contributed by atoms with Crippen molar-refractivity contribution in [2.24, 2.45) is 0 Å². The maximum Gasteiger partial charge on any atom is 0.328 e. The first kappa shape index (κ1) is 10.9. The molecule has 0 aliphatic carbocycles. The van der Waals surface area contributed by atoms with E-state index < -0.39 is 6.04 Å². The van der Waals surface area contributed by atoms with Crippen molar-refractivity contribution >= 4 is 11.8 Å². The lowest BCUT2D eigenvalue weighted by molar-refractivity contribution is -0.141. The Labute approximate surface area is 86.9 Å². The average Bonchev–Trinajstić information content (AvgIpc) is 2.29. The van der Waals surface area contributed by atoms with Gasteiger partial charge in [0.25, 0.3) is 0 Å². The summed E-state index contributed by atoms with van der Waals surface area (Å²) < 4.78 is 4.53. The van der Waals surface area contributed by atoms with Gasteiger partial charge >= 0.3 is 5.97 Å². The zero-order valence-corrected chi connectivity index (χ0v) is 8.39. The topological polar surface area (TPSA) is 87.9 Å². The van der Waals surface area contributed by atoms with Gasteiger partial charge < -0.3 is 10.1 Å². The first-order valence-electron chi connectivity index (χ1n) is 4.24. The number of carbonyl (C=O) groups excluding carboxylic acids is 1. The molecule has 0 saturated carbocycles. The van der Waals surface area contributed by atoms with E-state index in [1.807, 2.05) is 6.07 Å². The third-order valence-electron chi connectivity index (χ3n) is 1.69. The van der Waals surface area contributed by atoms with E-state index in [4.69, 9.17) is 5.26 Å². The van der Waals surface area contributed by atoms with Crippen LogP contribution < -0.4 is 5.32 Å². The summed E-state index contributed by atoms with van der Waals surface area (Å²) in [6.45, 7) is 1.64. The summed E-state index contributed by atoms with van der Waals surface area (Å²) in [4.78, 5) is 18.8. The van der Waals surface area contributed by atoms with Crippen molar-refractivity contribution in [3.05, 3.63) is 18.1 Å². The van der Waals surface area contributed by atoms with Crippen LogP contribution in [0.1, 0.15) is 12.6 Å². The molecule has 0 radical (unpaired) electrons. The summed E-state index contributed by atoms with van der Waals surface area (Å²) in [5, 5.41) is 11.3. The number of nitrogens with zero attached hydrogens (tertiary/aromatic N) is 3. The number of esters is 1. The third kappa shape index (κ3) is 2.91. The number of ether oxygens (including phenoxy) is 1. The van der Waals surface area contributed by atoms with Crippen molar-refractivity contribution in [3.8, 4) is 6.07 Å². The van der Waals surface area contributed by atoms with Crippen LogP contribution >= 0.6 is 0 Å². The Morgan fingerprint density at radius 3 is 2.80 bits per heavy atom. The molecule has 1 N–H and O–H groups in total. The van der Waals surface area contributed by atoms with Crippen LogP contribution in [-0.2, 0) is 9.53 Å². The Bertz CT molecular complexity index is 382. The molecule has 6 nitrogen and oxygen atoms in total. The molecule has 0 saturated heterocycles. The molecule has 0 bridgehead atoms. The molecule has 1 unspecified atom stereocenters.